The van der Waals surface area contributed by atoms with Crippen LogP contribution in [0.3, 0.4) is 0 Å². The van der Waals surface area contributed by atoms with E-state index < -0.39 is 0 Å². The number of carbonyl (C=O) groups is 1. The summed E-state index contributed by atoms with van der Waals surface area (Å²) in [6.45, 7) is 5.42. The normalized spacial score (nSPS) is 17.5. The molecule has 114 valence electrons. The molecule has 3 rings (SSSR count). The number of aryl methyl sites for hydroxylation is 2. The lowest BCUT2D eigenvalue weighted by Crippen LogP contribution is -2.31. The Hall–Kier alpha value is -2.36. The van der Waals surface area contributed by atoms with Gasteiger partial charge in [-0.25, -0.2) is 4.98 Å². The van der Waals surface area contributed by atoms with Gasteiger partial charge in [0.15, 0.2) is 0 Å². The highest BCUT2D eigenvalue weighted by molar-refractivity contribution is 5.94. The van der Waals surface area contributed by atoms with Crippen molar-refractivity contribution in [3.05, 3.63) is 59.3 Å². The predicted octanol–water partition coefficient (Wildman–Crippen LogP) is 2.99. The molecule has 4 heteroatoms. The van der Waals surface area contributed by atoms with Crippen LogP contribution in [-0.2, 0) is 0 Å². The molecule has 0 saturated carbocycles. The van der Waals surface area contributed by atoms with Gasteiger partial charge in [-0.05, 0) is 43.2 Å². The van der Waals surface area contributed by atoms with E-state index in [-0.39, 0.29) is 12.0 Å². The van der Waals surface area contributed by atoms with Crippen LogP contribution in [-0.4, -0.2) is 35.0 Å². The van der Waals surface area contributed by atoms with Crippen molar-refractivity contribution >= 4 is 5.91 Å². The lowest BCUT2D eigenvalue weighted by molar-refractivity contribution is 0.0771. The summed E-state index contributed by atoms with van der Waals surface area (Å²) in [4.78, 5) is 18.6. The second kappa shape index (κ2) is 6.18. The Balaban J connectivity index is 1.64. The maximum absolute atomic E-state index is 12.6. The maximum Gasteiger partial charge on any atom is 0.253 e. The Morgan fingerprint density at radius 2 is 2.09 bits per heavy atom. The number of aromatic nitrogens is 1. The van der Waals surface area contributed by atoms with E-state index in [0.717, 1.165) is 24.1 Å². The first-order valence-corrected chi connectivity index (χ1v) is 7.58. The molecule has 1 aromatic heterocycles. The largest absolute Gasteiger partial charge is 0.472 e. The van der Waals surface area contributed by atoms with E-state index in [1.165, 1.54) is 5.56 Å². The monoisotopic (exact) mass is 296 g/mol. The van der Waals surface area contributed by atoms with Gasteiger partial charge in [-0.1, -0.05) is 12.1 Å². The number of rotatable bonds is 3. The summed E-state index contributed by atoms with van der Waals surface area (Å²) >= 11 is 0. The molecular formula is C18H20N2O2. The number of ether oxygens (including phenoxy) is 1. The second-order valence-corrected chi connectivity index (χ2v) is 5.75. The molecule has 1 fully saturated rings. The second-order valence-electron chi connectivity index (χ2n) is 5.75. The van der Waals surface area contributed by atoms with Gasteiger partial charge >= 0.3 is 0 Å². The van der Waals surface area contributed by atoms with Crippen molar-refractivity contribution in [2.45, 2.75) is 26.4 Å². The summed E-state index contributed by atoms with van der Waals surface area (Å²) in [5.41, 5.74) is 3.10. The fourth-order valence-electron chi connectivity index (χ4n) is 2.65. The van der Waals surface area contributed by atoms with Crippen molar-refractivity contribution < 1.29 is 9.53 Å². The molecule has 0 N–H and O–H groups in total. The quantitative estimate of drug-likeness (QED) is 0.874. The Morgan fingerprint density at radius 3 is 2.82 bits per heavy atom. The van der Waals surface area contributed by atoms with Crippen molar-refractivity contribution in [2.24, 2.45) is 0 Å². The molecule has 0 bridgehead atoms. The van der Waals surface area contributed by atoms with E-state index in [0.29, 0.717) is 12.4 Å². The van der Waals surface area contributed by atoms with Gasteiger partial charge in [-0.2, -0.15) is 0 Å². The van der Waals surface area contributed by atoms with Crippen LogP contribution in [0.2, 0.25) is 0 Å². The lowest BCUT2D eigenvalue weighted by atomic mass is 10.1. The van der Waals surface area contributed by atoms with Gasteiger partial charge in [-0.3, -0.25) is 4.79 Å². The van der Waals surface area contributed by atoms with Gasteiger partial charge in [0.25, 0.3) is 5.91 Å². The Morgan fingerprint density at radius 1 is 1.23 bits per heavy atom. The number of hydrogen-bond donors (Lipinski definition) is 0. The van der Waals surface area contributed by atoms with Crippen LogP contribution in [0.1, 0.15) is 27.9 Å². The fraction of sp³-hybridized carbons (Fsp3) is 0.333. The van der Waals surface area contributed by atoms with Crippen LogP contribution >= 0.6 is 0 Å². The Labute approximate surface area is 130 Å². The topological polar surface area (TPSA) is 42.4 Å². The van der Waals surface area contributed by atoms with E-state index in [2.05, 4.69) is 11.9 Å². The van der Waals surface area contributed by atoms with Crippen LogP contribution in [0.25, 0.3) is 0 Å². The zero-order chi connectivity index (χ0) is 15.5. The molecule has 1 aromatic carbocycles. The third kappa shape index (κ3) is 3.11. The van der Waals surface area contributed by atoms with Crippen LogP contribution in [0.4, 0.5) is 0 Å². The highest BCUT2D eigenvalue weighted by Crippen LogP contribution is 2.19. The van der Waals surface area contributed by atoms with Gasteiger partial charge in [-0.15, -0.1) is 0 Å². The summed E-state index contributed by atoms with van der Waals surface area (Å²) in [6, 6.07) is 11.5. The first-order valence-electron chi connectivity index (χ1n) is 7.58. The van der Waals surface area contributed by atoms with Crippen LogP contribution in [0.15, 0.2) is 42.6 Å². The average Bonchev–Trinajstić information content (AvgIpc) is 2.99. The van der Waals surface area contributed by atoms with Crippen molar-refractivity contribution in [1.29, 1.82) is 0 Å². The number of pyridine rings is 1. The number of likely N-dealkylation sites (tertiary alicyclic amines) is 1. The number of benzene rings is 1. The van der Waals surface area contributed by atoms with E-state index in [4.69, 9.17) is 4.74 Å². The molecule has 1 aliphatic rings. The molecule has 0 aliphatic carbocycles. The summed E-state index contributed by atoms with van der Waals surface area (Å²) in [6.07, 6.45) is 2.57. The molecule has 0 spiro atoms. The average molecular weight is 296 g/mol. The molecule has 0 radical (unpaired) electrons. The number of hydrogen-bond acceptors (Lipinski definition) is 3. The number of amides is 1. The minimum Gasteiger partial charge on any atom is -0.472 e. The molecule has 22 heavy (non-hydrogen) atoms. The zero-order valence-electron chi connectivity index (χ0n) is 13.0. The van der Waals surface area contributed by atoms with Gasteiger partial charge in [0.2, 0.25) is 5.88 Å². The fourth-order valence-corrected chi connectivity index (χ4v) is 2.65. The first kappa shape index (κ1) is 14.6. The smallest absolute Gasteiger partial charge is 0.253 e. The molecule has 1 aliphatic heterocycles. The molecule has 2 aromatic rings. The summed E-state index contributed by atoms with van der Waals surface area (Å²) in [5, 5.41) is 0. The van der Waals surface area contributed by atoms with Crippen molar-refractivity contribution in [3.63, 3.8) is 0 Å². The molecule has 1 unspecified atom stereocenters. The summed E-state index contributed by atoms with van der Waals surface area (Å²) < 4.78 is 5.83. The SMILES string of the molecule is Cc1ccc(C(=O)N2CCC(Oc3ccccn3)C2)cc1C. The molecular weight excluding hydrogens is 276 g/mol. The molecule has 4 nitrogen and oxygen atoms in total. The summed E-state index contributed by atoms with van der Waals surface area (Å²) in [7, 11) is 0. The van der Waals surface area contributed by atoms with Crippen molar-refractivity contribution in [1.82, 2.24) is 9.88 Å². The van der Waals surface area contributed by atoms with Gasteiger partial charge < -0.3 is 9.64 Å². The number of nitrogens with zero attached hydrogens (tertiary/aromatic N) is 2. The molecule has 1 saturated heterocycles. The van der Waals surface area contributed by atoms with E-state index in [1.807, 2.05) is 48.2 Å². The standard InChI is InChI=1S/C18H20N2O2/c1-13-6-7-15(11-14(13)2)18(21)20-10-8-16(12-20)22-17-5-3-4-9-19-17/h3-7,9,11,16H,8,10,12H2,1-2H3. The highest BCUT2D eigenvalue weighted by atomic mass is 16.5. The van der Waals surface area contributed by atoms with Crippen molar-refractivity contribution in [3.8, 4) is 5.88 Å². The molecule has 1 amide bonds. The minimum atomic E-state index is 0.0189. The van der Waals surface area contributed by atoms with Gasteiger partial charge in [0.05, 0.1) is 6.54 Å². The molecule has 1 atom stereocenters. The third-order valence-corrected chi connectivity index (χ3v) is 4.11. The Bertz CT molecular complexity index is 670. The van der Waals surface area contributed by atoms with E-state index >= 15 is 0 Å². The predicted molar refractivity (Wildman–Crippen MR) is 85.1 cm³/mol. The van der Waals surface area contributed by atoms with E-state index in [9.17, 15) is 4.79 Å². The third-order valence-electron chi connectivity index (χ3n) is 4.11. The Kier molecular flexibility index (Phi) is 4.09. The molecule has 2 heterocycles. The van der Waals surface area contributed by atoms with Crippen LogP contribution < -0.4 is 4.74 Å². The van der Waals surface area contributed by atoms with E-state index in [1.54, 1.807) is 6.20 Å². The van der Waals surface area contributed by atoms with Gasteiger partial charge in [0, 0.05) is 30.8 Å². The van der Waals surface area contributed by atoms with Crippen LogP contribution in [0, 0.1) is 13.8 Å². The van der Waals surface area contributed by atoms with Crippen LogP contribution in [0.5, 0.6) is 5.88 Å². The highest BCUT2D eigenvalue weighted by Gasteiger charge is 2.28. The minimum absolute atomic E-state index is 0.0189. The maximum atomic E-state index is 12.6. The van der Waals surface area contributed by atoms with Gasteiger partial charge in [0.1, 0.15) is 6.10 Å². The number of carbonyl (C=O) groups excluding carboxylic acids is 1. The summed E-state index contributed by atoms with van der Waals surface area (Å²) in [5.74, 6) is 0.697. The zero-order valence-corrected chi connectivity index (χ0v) is 13.0. The first-order chi connectivity index (χ1) is 10.6. The van der Waals surface area contributed by atoms with Crippen molar-refractivity contribution in [2.75, 3.05) is 13.1 Å². The lowest BCUT2D eigenvalue weighted by Gasteiger charge is -2.17.